The Hall–Kier alpha value is -2.22. The van der Waals surface area contributed by atoms with Gasteiger partial charge in [-0.3, -0.25) is 0 Å². The van der Waals surface area contributed by atoms with Gasteiger partial charge in [0.05, 0.1) is 0 Å². The molecule has 0 aromatic heterocycles. The molecule has 0 saturated carbocycles. The number of benzene rings is 2. The molecule has 2 aromatic carbocycles. The molecule has 0 spiro atoms. The molecule has 0 radical (unpaired) electrons. The van der Waals surface area contributed by atoms with Crippen LogP contribution in [0.1, 0.15) is 87.8 Å². The summed E-state index contributed by atoms with van der Waals surface area (Å²) < 4.78 is 0. The minimum absolute atomic E-state index is 0.00315. The number of allylic oxidation sites excluding steroid dienone is 1. The summed E-state index contributed by atoms with van der Waals surface area (Å²) in [5, 5.41) is 21.1. The van der Waals surface area contributed by atoms with E-state index in [0.717, 1.165) is 39.0 Å². The molecule has 2 rings (SSSR count). The first-order valence-corrected chi connectivity index (χ1v) is 9.98. The molecule has 0 fully saturated rings. The maximum atomic E-state index is 10.5. The Morgan fingerprint density at radius 1 is 0.750 bits per heavy atom. The Kier molecular flexibility index (Phi) is 5.76. The van der Waals surface area contributed by atoms with Gasteiger partial charge in [0.25, 0.3) is 0 Å². The molecule has 2 N–H and O–H groups in total. The van der Waals surface area contributed by atoms with Crippen LogP contribution in [-0.4, -0.2) is 10.2 Å². The average molecular weight is 381 g/mol. The zero-order valence-corrected chi connectivity index (χ0v) is 19.0. The highest BCUT2D eigenvalue weighted by molar-refractivity contribution is 5.55. The molecule has 0 aliphatic heterocycles. The van der Waals surface area contributed by atoms with Crippen LogP contribution in [0.3, 0.4) is 0 Å². The Labute approximate surface area is 170 Å². The topological polar surface area (TPSA) is 40.5 Å². The van der Waals surface area contributed by atoms with Crippen molar-refractivity contribution in [2.45, 2.75) is 79.1 Å². The first-order valence-electron chi connectivity index (χ1n) is 9.98. The molecule has 28 heavy (non-hydrogen) atoms. The van der Waals surface area contributed by atoms with Gasteiger partial charge in [0.1, 0.15) is 11.5 Å². The number of hydrogen-bond acceptors (Lipinski definition) is 2. The van der Waals surface area contributed by atoms with Crippen LogP contribution in [0, 0.1) is 13.8 Å². The lowest BCUT2D eigenvalue weighted by molar-refractivity contribution is 0.445. The van der Waals surface area contributed by atoms with Crippen LogP contribution in [-0.2, 0) is 10.8 Å². The monoisotopic (exact) mass is 380 g/mol. The predicted octanol–water partition coefficient (Wildman–Crippen LogP) is 7.02. The molecule has 0 heterocycles. The van der Waals surface area contributed by atoms with Crippen LogP contribution in [0.15, 0.2) is 36.4 Å². The highest BCUT2D eigenvalue weighted by atomic mass is 16.3. The van der Waals surface area contributed by atoms with Crippen molar-refractivity contribution in [1.82, 2.24) is 0 Å². The van der Waals surface area contributed by atoms with Crippen LogP contribution < -0.4 is 0 Å². The van der Waals surface area contributed by atoms with Gasteiger partial charge in [0, 0.05) is 5.92 Å². The zero-order chi connectivity index (χ0) is 21.6. The van der Waals surface area contributed by atoms with Gasteiger partial charge in [-0.2, -0.15) is 0 Å². The molecule has 0 amide bonds. The average Bonchev–Trinajstić information content (AvgIpc) is 2.48. The molecule has 2 heteroatoms. The summed E-state index contributed by atoms with van der Waals surface area (Å²) in [6.07, 6.45) is 0. The third-order valence-electron chi connectivity index (χ3n) is 5.50. The summed E-state index contributed by atoms with van der Waals surface area (Å²) in [7, 11) is 0. The molecule has 2 nitrogen and oxygen atoms in total. The van der Waals surface area contributed by atoms with Gasteiger partial charge in [-0.05, 0) is 77.1 Å². The Bertz CT molecular complexity index is 836. The van der Waals surface area contributed by atoms with Gasteiger partial charge >= 0.3 is 0 Å². The maximum absolute atomic E-state index is 10.5. The van der Waals surface area contributed by atoms with E-state index >= 15 is 0 Å². The fourth-order valence-electron chi connectivity index (χ4n) is 3.94. The Morgan fingerprint density at radius 2 is 1.07 bits per heavy atom. The fraction of sp³-hybridized carbons (Fsp3) is 0.462. The van der Waals surface area contributed by atoms with Crippen molar-refractivity contribution in [1.29, 1.82) is 0 Å². The molecule has 0 bridgehead atoms. The minimum Gasteiger partial charge on any atom is -0.508 e. The van der Waals surface area contributed by atoms with Gasteiger partial charge < -0.3 is 10.2 Å². The maximum Gasteiger partial charge on any atom is 0.119 e. The van der Waals surface area contributed by atoms with E-state index in [1.165, 1.54) is 0 Å². The third-order valence-corrected chi connectivity index (χ3v) is 5.50. The van der Waals surface area contributed by atoms with Crippen LogP contribution in [0.2, 0.25) is 0 Å². The lowest BCUT2D eigenvalue weighted by Crippen LogP contribution is -2.16. The SMILES string of the molecule is C=C(C)C(c1cc(C(C)(C)C)c(O)cc1C)c1cc(C(C)(C)C)c(O)cc1C. The summed E-state index contributed by atoms with van der Waals surface area (Å²) in [6.45, 7) is 23.1. The van der Waals surface area contributed by atoms with E-state index in [1.54, 1.807) is 0 Å². The highest BCUT2D eigenvalue weighted by Gasteiger charge is 2.27. The van der Waals surface area contributed by atoms with Gasteiger partial charge in [-0.25, -0.2) is 0 Å². The van der Waals surface area contributed by atoms with Crippen molar-refractivity contribution in [3.05, 3.63) is 69.8 Å². The largest absolute Gasteiger partial charge is 0.508 e. The second kappa shape index (κ2) is 7.31. The number of aromatic hydroxyl groups is 2. The fourth-order valence-corrected chi connectivity index (χ4v) is 3.94. The molecule has 0 atom stereocenters. The first-order chi connectivity index (χ1) is 12.6. The molecular weight excluding hydrogens is 344 g/mol. The molecule has 0 aliphatic rings. The predicted molar refractivity (Wildman–Crippen MR) is 120 cm³/mol. The van der Waals surface area contributed by atoms with Crippen molar-refractivity contribution in [2.24, 2.45) is 0 Å². The van der Waals surface area contributed by atoms with Gasteiger partial charge in [0.2, 0.25) is 0 Å². The van der Waals surface area contributed by atoms with Gasteiger partial charge in [-0.1, -0.05) is 65.8 Å². The quantitative estimate of drug-likeness (QED) is 0.562. The van der Waals surface area contributed by atoms with E-state index in [0.29, 0.717) is 11.5 Å². The summed E-state index contributed by atoms with van der Waals surface area (Å²) in [6, 6.07) is 8.00. The molecule has 152 valence electrons. The lowest BCUT2D eigenvalue weighted by atomic mass is 9.76. The summed E-state index contributed by atoms with van der Waals surface area (Å²) in [5.74, 6) is 0.683. The van der Waals surface area contributed by atoms with Crippen molar-refractivity contribution in [2.75, 3.05) is 0 Å². The van der Waals surface area contributed by atoms with E-state index in [2.05, 4.69) is 67.2 Å². The smallest absolute Gasteiger partial charge is 0.119 e. The number of phenols is 2. The van der Waals surface area contributed by atoms with E-state index in [-0.39, 0.29) is 16.7 Å². The zero-order valence-electron chi connectivity index (χ0n) is 19.0. The van der Waals surface area contributed by atoms with E-state index in [4.69, 9.17) is 0 Å². The van der Waals surface area contributed by atoms with Crippen LogP contribution >= 0.6 is 0 Å². The van der Waals surface area contributed by atoms with Crippen LogP contribution in [0.25, 0.3) is 0 Å². The summed E-state index contributed by atoms with van der Waals surface area (Å²) >= 11 is 0. The summed E-state index contributed by atoms with van der Waals surface area (Å²) in [4.78, 5) is 0. The van der Waals surface area contributed by atoms with Crippen molar-refractivity contribution in [3.63, 3.8) is 0 Å². The Morgan fingerprint density at radius 3 is 1.32 bits per heavy atom. The van der Waals surface area contributed by atoms with Crippen molar-refractivity contribution < 1.29 is 10.2 Å². The second-order valence-corrected chi connectivity index (χ2v) is 10.2. The van der Waals surface area contributed by atoms with Gasteiger partial charge in [-0.15, -0.1) is 0 Å². The van der Waals surface area contributed by atoms with E-state index in [9.17, 15) is 10.2 Å². The van der Waals surface area contributed by atoms with Crippen molar-refractivity contribution in [3.8, 4) is 11.5 Å². The number of hydrogen-bond donors (Lipinski definition) is 2. The standard InChI is InChI=1S/C26H36O2/c1-15(2)24(18-13-20(25(5,6)7)22(27)11-16(18)3)19-14-21(26(8,9)10)23(28)12-17(19)4/h11-14,24,27-28H,1H2,2-10H3. The highest BCUT2D eigenvalue weighted by Crippen LogP contribution is 2.43. The number of aryl methyl sites for hydroxylation is 2. The second-order valence-electron chi connectivity index (χ2n) is 10.2. The third kappa shape index (κ3) is 4.27. The van der Waals surface area contributed by atoms with Crippen molar-refractivity contribution >= 4 is 0 Å². The summed E-state index contributed by atoms with van der Waals surface area (Å²) in [5.41, 5.74) is 7.00. The molecule has 0 aliphatic carbocycles. The number of phenolic OH excluding ortho intramolecular Hbond substituents is 2. The van der Waals surface area contributed by atoms with Gasteiger partial charge in [0.15, 0.2) is 0 Å². The molecule has 0 unspecified atom stereocenters. The lowest BCUT2D eigenvalue weighted by Gasteiger charge is -2.29. The molecule has 0 saturated heterocycles. The number of rotatable bonds is 3. The van der Waals surface area contributed by atoms with E-state index in [1.807, 2.05) is 26.0 Å². The minimum atomic E-state index is -0.160. The molecule has 2 aromatic rings. The Balaban J connectivity index is 2.81. The van der Waals surface area contributed by atoms with E-state index < -0.39 is 0 Å². The van der Waals surface area contributed by atoms with Crippen LogP contribution in [0.4, 0.5) is 0 Å². The molecular formula is C26H36O2. The van der Waals surface area contributed by atoms with Crippen LogP contribution in [0.5, 0.6) is 11.5 Å². The first kappa shape index (κ1) is 22.1. The normalized spacial score (nSPS) is 12.5.